The van der Waals surface area contributed by atoms with Crippen molar-refractivity contribution in [1.82, 2.24) is 0 Å². The second kappa shape index (κ2) is 8.84. The normalized spacial score (nSPS) is 36.1. The maximum absolute atomic E-state index is 14.0. The second-order valence-corrected chi connectivity index (χ2v) is 10.3. The fourth-order valence-electron chi connectivity index (χ4n) is 6.91. The fraction of sp³-hybridized carbons (Fsp3) is 0.769. The molecule has 3 fully saturated rings. The largest absolute Gasteiger partial charge is 0.207 e. The summed E-state index contributed by atoms with van der Waals surface area (Å²) in [4.78, 5) is 0. The van der Waals surface area contributed by atoms with Gasteiger partial charge in [0.1, 0.15) is 11.6 Å². The molecule has 4 atom stereocenters. The molecule has 2 heteroatoms. The summed E-state index contributed by atoms with van der Waals surface area (Å²) in [6.45, 7) is 3.85. The highest BCUT2D eigenvalue weighted by Crippen LogP contribution is 2.51. The molecular weight excluding hydrogens is 350 g/mol. The molecule has 0 radical (unpaired) electrons. The van der Waals surface area contributed by atoms with Crippen molar-refractivity contribution < 1.29 is 8.78 Å². The van der Waals surface area contributed by atoms with E-state index in [2.05, 4.69) is 6.92 Å². The predicted molar refractivity (Wildman–Crippen MR) is 112 cm³/mol. The maximum Gasteiger partial charge on any atom is 0.129 e. The molecule has 0 nitrogen and oxygen atoms in total. The lowest BCUT2D eigenvalue weighted by Crippen LogP contribution is -2.34. The minimum Gasteiger partial charge on any atom is -0.207 e. The molecule has 0 aromatic heterocycles. The van der Waals surface area contributed by atoms with Gasteiger partial charge in [0.25, 0.3) is 0 Å². The van der Waals surface area contributed by atoms with Gasteiger partial charge < -0.3 is 0 Å². The van der Waals surface area contributed by atoms with Crippen molar-refractivity contribution in [2.45, 2.75) is 96.8 Å². The first-order chi connectivity index (χ1) is 13.5. The summed E-state index contributed by atoms with van der Waals surface area (Å²) in [6, 6.07) is 3.20. The van der Waals surface area contributed by atoms with Crippen LogP contribution >= 0.6 is 0 Å². The second-order valence-electron chi connectivity index (χ2n) is 10.3. The molecule has 0 N–H and O–H groups in total. The molecule has 0 aliphatic heterocycles. The van der Waals surface area contributed by atoms with Crippen molar-refractivity contribution in [3.05, 3.63) is 34.9 Å². The Labute approximate surface area is 170 Å². The van der Waals surface area contributed by atoms with Gasteiger partial charge in [0.2, 0.25) is 0 Å². The van der Waals surface area contributed by atoms with E-state index in [4.69, 9.17) is 0 Å². The summed E-state index contributed by atoms with van der Waals surface area (Å²) in [5, 5.41) is 0. The van der Waals surface area contributed by atoms with Crippen LogP contribution in [0.15, 0.2) is 12.1 Å². The summed E-state index contributed by atoms with van der Waals surface area (Å²) in [5.74, 6) is 4.18. The molecule has 28 heavy (non-hydrogen) atoms. The monoisotopic (exact) mass is 388 g/mol. The van der Waals surface area contributed by atoms with E-state index >= 15 is 0 Å². The van der Waals surface area contributed by atoms with E-state index in [9.17, 15) is 8.78 Å². The van der Waals surface area contributed by atoms with E-state index in [1.165, 1.54) is 71.1 Å². The summed E-state index contributed by atoms with van der Waals surface area (Å²) >= 11 is 0. The highest BCUT2D eigenvalue weighted by atomic mass is 19.1. The fourth-order valence-corrected chi connectivity index (χ4v) is 6.91. The topological polar surface area (TPSA) is 0 Å². The van der Waals surface area contributed by atoms with Gasteiger partial charge >= 0.3 is 0 Å². The van der Waals surface area contributed by atoms with Gasteiger partial charge in [-0.2, -0.15) is 0 Å². The Kier molecular flexibility index (Phi) is 6.43. The predicted octanol–water partition coefficient (Wildman–Crippen LogP) is 8.18. The first-order valence-electron chi connectivity index (χ1n) is 12.0. The minimum absolute atomic E-state index is 0.159. The van der Waals surface area contributed by atoms with Crippen LogP contribution in [0, 0.1) is 48.1 Å². The Morgan fingerprint density at radius 1 is 0.750 bits per heavy atom. The van der Waals surface area contributed by atoms with Gasteiger partial charge in [-0.05, 0) is 111 Å². The average Bonchev–Trinajstić information content (AvgIpc) is 2.71. The number of hydrogen-bond acceptors (Lipinski definition) is 0. The van der Waals surface area contributed by atoms with Gasteiger partial charge in [-0.25, -0.2) is 8.78 Å². The van der Waals surface area contributed by atoms with E-state index < -0.39 is 0 Å². The molecule has 0 saturated heterocycles. The van der Waals surface area contributed by atoms with E-state index in [1.54, 1.807) is 12.1 Å². The van der Waals surface area contributed by atoms with E-state index in [-0.39, 0.29) is 17.2 Å². The molecule has 0 spiro atoms. The molecule has 4 unspecified atom stereocenters. The molecule has 0 bridgehead atoms. The third-order valence-electron chi connectivity index (χ3n) is 8.68. The number of benzene rings is 1. The number of rotatable bonds is 4. The highest BCUT2D eigenvalue weighted by Gasteiger charge is 2.39. The lowest BCUT2D eigenvalue weighted by atomic mass is 9.60. The van der Waals surface area contributed by atoms with Crippen LogP contribution in [0.2, 0.25) is 0 Å². The molecule has 1 aromatic rings. The molecule has 0 heterocycles. The lowest BCUT2D eigenvalue weighted by Gasteiger charge is -2.45. The Morgan fingerprint density at radius 2 is 1.29 bits per heavy atom. The average molecular weight is 389 g/mol. The van der Waals surface area contributed by atoms with Crippen molar-refractivity contribution >= 4 is 0 Å². The first kappa shape index (κ1) is 20.4. The highest BCUT2D eigenvalue weighted by molar-refractivity contribution is 5.28. The van der Waals surface area contributed by atoms with Crippen LogP contribution in [-0.4, -0.2) is 0 Å². The van der Waals surface area contributed by atoms with Crippen LogP contribution in [0.3, 0.4) is 0 Å². The zero-order valence-electron chi connectivity index (χ0n) is 17.9. The van der Waals surface area contributed by atoms with Gasteiger partial charge in [0, 0.05) is 5.56 Å². The number of halogens is 2. The van der Waals surface area contributed by atoms with Crippen LogP contribution in [0.1, 0.15) is 101 Å². The van der Waals surface area contributed by atoms with E-state index in [0.29, 0.717) is 5.92 Å². The van der Waals surface area contributed by atoms with Gasteiger partial charge in [0.05, 0.1) is 0 Å². The molecule has 0 amide bonds. The zero-order valence-corrected chi connectivity index (χ0v) is 17.9. The summed E-state index contributed by atoms with van der Waals surface area (Å²) in [5.41, 5.74) is 1.06. The summed E-state index contributed by atoms with van der Waals surface area (Å²) in [7, 11) is 0. The van der Waals surface area contributed by atoms with Crippen LogP contribution in [0.25, 0.3) is 0 Å². The molecule has 1 aromatic carbocycles. The van der Waals surface area contributed by atoms with Crippen LogP contribution < -0.4 is 0 Å². The molecule has 156 valence electrons. The van der Waals surface area contributed by atoms with Crippen molar-refractivity contribution in [2.75, 3.05) is 0 Å². The van der Waals surface area contributed by atoms with Crippen LogP contribution in [-0.2, 0) is 0 Å². The van der Waals surface area contributed by atoms with Crippen LogP contribution in [0.5, 0.6) is 0 Å². The van der Waals surface area contributed by atoms with Crippen molar-refractivity contribution in [2.24, 2.45) is 29.6 Å². The maximum atomic E-state index is 14.0. The minimum atomic E-state index is -0.375. The SMILES string of the molecule is CCCC1CCC(C2CCC3CC(c4cc(F)c(C)c(F)c4)CCC3C2)CC1. The first-order valence-corrected chi connectivity index (χ1v) is 12.0. The third kappa shape index (κ3) is 4.31. The lowest BCUT2D eigenvalue weighted by molar-refractivity contribution is 0.0711. The Morgan fingerprint density at radius 3 is 1.93 bits per heavy atom. The van der Waals surface area contributed by atoms with Crippen molar-refractivity contribution in [3.63, 3.8) is 0 Å². The van der Waals surface area contributed by atoms with Gasteiger partial charge in [-0.15, -0.1) is 0 Å². The Balaban J connectivity index is 1.33. The standard InChI is InChI=1S/C26H38F2/c1-3-4-18-5-7-19(8-6-18)20-9-10-22-14-23(12-11-21(22)13-20)24-15-25(27)17(2)26(28)16-24/h15-16,18-23H,3-14H2,1-2H3. The summed E-state index contributed by atoms with van der Waals surface area (Å²) in [6.07, 6.45) is 16.3. The van der Waals surface area contributed by atoms with Gasteiger partial charge in [-0.3, -0.25) is 0 Å². The smallest absolute Gasteiger partial charge is 0.129 e. The van der Waals surface area contributed by atoms with E-state index in [0.717, 1.165) is 48.0 Å². The van der Waals surface area contributed by atoms with Crippen molar-refractivity contribution in [1.29, 1.82) is 0 Å². The van der Waals surface area contributed by atoms with E-state index in [1.807, 2.05) is 0 Å². The number of fused-ring (bicyclic) bond motifs is 1. The molecule has 3 saturated carbocycles. The molecular formula is C26H38F2. The molecule has 3 aliphatic rings. The van der Waals surface area contributed by atoms with Gasteiger partial charge in [-0.1, -0.05) is 32.6 Å². The zero-order chi connectivity index (χ0) is 19.7. The van der Waals surface area contributed by atoms with Crippen molar-refractivity contribution in [3.8, 4) is 0 Å². The van der Waals surface area contributed by atoms with Crippen LogP contribution in [0.4, 0.5) is 8.78 Å². The summed E-state index contributed by atoms with van der Waals surface area (Å²) < 4.78 is 28.0. The number of hydrogen-bond donors (Lipinski definition) is 0. The van der Waals surface area contributed by atoms with Gasteiger partial charge in [0.15, 0.2) is 0 Å². The molecule has 3 aliphatic carbocycles. The quantitative estimate of drug-likeness (QED) is 0.488. The Hall–Kier alpha value is -0.920. The molecule has 4 rings (SSSR count). The Bertz CT molecular complexity index is 635. The third-order valence-corrected chi connectivity index (χ3v) is 8.68.